The summed E-state index contributed by atoms with van der Waals surface area (Å²) >= 11 is 1.72. The molecule has 7 nitrogen and oxygen atoms in total. The van der Waals surface area contributed by atoms with Crippen LogP contribution in [0, 0.1) is 0 Å². The molecule has 0 N–H and O–H groups in total. The van der Waals surface area contributed by atoms with E-state index in [9.17, 15) is 0 Å². The van der Waals surface area contributed by atoms with Gasteiger partial charge in [-0.2, -0.15) is 9.97 Å². The number of rotatable bonds is 4. The smallest absolute Gasteiger partial charge is 0.238 e. The zero-order chi connectivity index (χ0) is 33.5. The molecule has 0 radical (unpaired) electrons. The molecule has 11 rings (SSSR count). The van der Waals surface area contributed by atoms with Crippen LogP contribution in [0.5, 0.6) is 0 Å². The lowest BCUT2D eigenvalue weighted by Gasteiger charge is -2.12. The van der Waals surface area contributed by atoms with Crippen LogP contribution in [-0.2, 0) is 0 Å². The highest BCUT2D eigenvalue weighted by Crippen LogP contribution is 2.50. The van der Waals surface area contributed by atoms with E-state index in [-0.39, 0.29) is 0 Å². The number of thiophene rings is 1. The molecule has 238 valence electrons. The average molecular weight is 672 g/mol. The molecule has 0 aliphatic rings. The molecule has 5 heterocycles. The second-order valence-electron chi connectivity index (χ2n) is 12.5. The van der Waals surface area contributed by atoms with E-state index < -0.39 is 0 Å². The summed E-state index contributed by atoms with van der Waals surface area (Å²) in [7, 11) is 0. The molecule has 0 bridgehead atoms. The minimum absolute atomic E-state index is 0.556. The summed E-state index contributed by atoms with van der Waals surface area (Å²) < 4.78 is 6.79. The third kappa shape index (κ3) is 4.08. The average Bonchev–Trinajstić information content (AvgIpc) is 3.87. The maximum Gasteiger partial charge on any atom is 0.238 e. The van der Waals surface area contributed by atoms with Gasteiger partial charge in [0.15, 0.2) is 11.6 Å². The molecule has 0 aliphatic carbocycles. The van der Waals surface area contributed by atoms with Crippen molar-refractivity contribution >= 4 is 75.3 Å². The van der Waals surface area contributed by atoms with E-state index in [1.165, 1.54) is 10.8 Å². The van der Waals surface area contributed by atoms with Crippen LogP contribution >= 0.6 is 11.3 Å². The third-order valence-corrected chi connectivity index (χ3v) is 10.8. The number of aromatic nitrogens is 7. The van der Waals surface area contributed by atoms with E-state index in [2.05, 4.69) is 93.0 Å². The Kier molecular flexibility index (Phi) is 5.99. The molecule has 8 heteroatoms. The summed E-state index contributed by atoms with van der Waals surface area (Å²) in [4.78, 5) is 24.9. The van der Waals surface area contributed by atoms with E-state index in [0.717, 1.165) is 70.0 Å². The Bertz CT molecular complexity index is 3070. The summed E-state index contributed by atoms with van der Waals surface area (Å²) in [6.45, 7) is 0. The standard InChI is InChI=1S/C43H25N7S/c1-4-14-26(15-5-1)41-46-42(27-16-6-2-7-17-27)48-43(47-41)50-32-23-13-11-21-30(32)35-38-34(36-37-33(24-44-25-45-37)51-40(36)39(35)50)29-20-10-12-22-31(29)49(38)28-18-8-3-9-19-28/h1-25H. The monoisotopic (exact) mass is 671 g/mol. The Morgan fingerprint density at radius 2 is 1.06 bits per heavy atom. The largest absolute Gasteiger partial charge is 0.309 e. The van der Waals surface area contributed by atoms with Crippen molar-refractivity contribution in [1.29, 1.82) is 0 Å². The van der Waals surface area contributed by atoms with Gasteiger partial charge in [-0.1, -0.05) is 115 Å². The molecule has 0 spiro atoms. The lowest BCUT2D eigenvalue weighted by molar-refractivity contribution is 0.955. The number of fused-ring (bicyclic) bond motifs is 12. The van der Waals surface area contributed by atoms with E-state index in [4.69, 9.17) is 19.9 Å². The molecular formula is C43H25N7S. The van der Waals surface area contributed by atoms with Gasteiger partial charge < -0.3 is 4.57 Å². The predicted octanol–water partition coefficient (Wildman–Crippen LogP) is 10.6. The minimum Gasteiger partial charge on any atom is -0.309 e. The second-order valence-corrected chi connectivity index (χ2v) is 13.6. The first-order valence-electron chi connectivity index (χ1n) is 16.8. The number of hydrogen-bond donors (Lipinski definition) is 0. The molecule has 11 aromatic rings. The quantitative estimate of drug-likeness (QED) is 0.186. The summed E-state index contributed by atoms with van der Waals surface area (Å²) in [6.07, 6.45) is 3.58. The van der Waals surface area contributed by atoms with Gasteiger partial charge in [0.1, 0.15) is 6.33 Å². The lowest BCUT2D eigenvalue weighted by atomic mass is 10.0. The molecule has 0 amide bonds. The van der Waals surface area contributed by atoms with Gasteiger partial charge in [0.2, 0.25) is 5.95 Å². The zero-order valence-electron chi connectivity index (χ0n) is 27.0. The van der Waals surface area contributed by atoms with Crippen LogP contribution in [0.3, 0.4) is 0 Å². The summed E-state index contributed by atoms with van der Waals surface area (Å²) in [5.41, 5.74) is 8.18. The number of hydrogen-bond acceptors (Lipinski definition) is 6. The predicted molar refractivity (Wildman–Crippen MR) is 208 cm³/mol. The van der Waals surface area contributed by atoms with E-state index in [1.54, 1.807) is 17.7 Å². The van der Waals surface area contributed by atoms with Crippen molar-refractivity contribution in [2.75, 3.05) is 0 Å². The van der Waals surface area contributed by atoms with Crippen molar-refractivity contribution in [2.45, 2.75) is 0 Å². The molecule has 0 aliphatic heterocycles. The molecule has 5 aromatic heterocycles. The van der Waals surface area contributed by atoms with Gasteiger partial charge in [-0.3, -0.25) is 4.57 Å². The Morgan fingerprint density at radius 3 is 1.73 bits per heavy atom. The van der Waals surface area contributed by atoms with Crippen molar-refractivity contribution in [1.82, 2.24) is 34.1 Å². The summed E-state index contributed by atoms with van der Waals surface area (Å²) in [5, 5.41) is 5.71. The first-order valence-corrected chi connectivity index (χ1v) is 17.6. The van der Waals surface area contributed by atoms with Crippen LogP contribution < -0.4 is 0 Å². The zero-order valence-corrected chi connectivity index (χ0v) is 27.8. The lowest BCUT2D eigenvalue weighted by Crippen LogP contribution is -2.06. The minimum atomic E-state index is 0.556. The fraction of sp³-hybridized carbons (Fsp3) is 0. The Hall–Kier alpha value is -6.77. The first-order chi connectivity index (χ1) is 25.3. The van der Waals surface area contributed by atoms with Gasteiger partial charge in [-0.05, 0) is 24.3 Å². The maximum absolute atomic E-state index is 5.25. The maximum atomic E-state index is 5.25. The first kappa shape index (κ1) is 28.1. The van der Waals surface area contributed by atoms with Crippen LogP contribution in [0.25, 0.3) is 98.3 Å². The molecular weight excluding hydrogens is 647 g/mol. The highest BCUT2D eigenvalue weighted by molar-refractivity contribution is 7.26. The van der Waals surface area contributed by atoms with Crippen LogP contribution in [0.15, 0.2) is 152 Å². The molecule has 0 saturated carbocycles. The fourth-order valence-corrected chi connectivity index (χ4v) is 8.80. The Balaban J connectivity index is 1.40. The van der Waals surface area contributed by atoms with Crippen molar-refractivity contribution in [3.8, 4) is 34.4 Å². The highest BCUT2D eigenvalue weighted by Gasteiger charge is 2.28. The van der Waals surface area contributed by atoms with Crippen molar-refractivity contribution < 1.29 is 0 Å². The molecule has 0 fully saturated rings. The van der Waals surface area contributed by atoms with E-state index in [0.29, 0.717) is 17.6 Å². The number of benzene rings is 6. The van der Waals surface area contributed by atoms with Gasteiger partial charge in [-0.25, -0.2) is 15.0 Å². The Morgan fingerprint density at radius 1 is 0.490 bits per heavy atom. The SMILES string of the molecule is c1ccc(-c2nc(-c3ccccc3)nc(-n3c4ccccc4c4c3c3sc5cncnc5c3c3c5ccccc5n(-c5ccccc5)c34)n2)cc1. The normalized spacial score (nSPS) is 11.9. The van der Waals surface area contributed by atoms with Crippen LogP contribution in [0.1, 0.15) is 0 Å². The molecule has 0 unspecified atom stereocenters. The molecule has 51 heavy (non-hydrogen) atoms. The van der Waals surface area contributed by atoms with Gasteiger partial charge in [0, 0.05) is 49.9 Å². The molecule has 0 saturated heterocycles. The highest BCUT2D eigenvalue weighted by atomic mass is 32.1. The topological polar surface area (TPSA) is 74.3 Å². The van der Waals surface area contributed by atoms with Crippen LogP contribution in [0.4, 0.5) is 0 Å². The van der Waals surface area contributed by atoms with Gasteiger partial charge in [-0.15, -0.1) is 11.3 Å². The van der Waals surface area contributed by atoms with Crippen LogP contribution in [0.2, 0.25) is 0 Å². The fourth-order valence-electron chi connectivity index (χ4n) is 7.62. The summed E-state index contributed by atoms with van der Waals surface area (Å²) in [5.74, 6) is 1.78. The van der Waals surface area contributed by atoms with Crippen molar-refractivity contribution in [3.63, 3.8) is 0 Å². The second kappa shape index (κ2) is 10.9. The van der Waals surface area contributed by atoms with Gasteiger partial charge in [0.05, 0.1) is 37.0 Å². The number of para-hydroxylation sites is 3. The van der Waals surface area contributed by atoms with Crippen molar-refractivity contribution in [2.24, 2.45) is 0 Å². The Labute approximate surface area is 294 Å². The van der Waals surface area contributed by atoms with Crippen molar-refractivity contribution in [3.05, 3.63) is 152 Å². The van der Waals surface area contributed by atoms with E-state index in [1.807, 2.05) is 66.9 Å². The number of nitrogens with zero attached hydrogens (tertiary/aromatic N) is 7. The van der Waals surface area contributed by atoms with Gasteiger partial charge >= 0.3 is 0 Å². The molecule has 0 atom stereocenters. The molecule has 6 aromatic carbocycles. The van der Waals surface area contributed by atoms with E-state index >= 15 is 0 Å². The van der Waals surface area contributed by atoms with Crippen LogP contribution in [-0.4, -0.2) is 34.1 Å². The summed E-state index contributed by atoms with van der Waals surface area (Å²) in [6, 6.07) is 48.2. The third-order valence-electron chi connectivity index (χ3n) is 9.71. The van der Waals surface area contributed by atoms with Gasteiger partial charge in [0.25, 0.3) is 0 Å².